The molecule has 1 aliphatic rings. The third kappa shape index (κ3) is 2.12. The highest BCUT2D eigenvalue weighted by molar-refractivity contribution is 6.10. The topological polar surface area (TPSA) is 26.3 Å². The molecule has 2 aromatic carbocycles. The van der Waals surface area contributed by atoms with Crippen molar-refractivity contribution >= 4 is 16.6 Å². The zero-order chi connectivity index (χ0) is 13.2. The van der Waals surface area contributed by atoms with E-state index in [1.165, 1.54) is 12.8 Å². The fourth-order valence-corrected chi connectivity index (χ4v) is 3.07. The van der Waals surface area contributed by atoms with Gasteiger partial charge in [-0.15, -0.1) is 0 Å². The first-order valence-corrected chi connectivity index (χ1v) is 6.91. The standard InChI is InChI=1S/C17H18O2/c1-19-16-11-10-15(13-8-4-5-9-14(13)16)17(18)12-6-2-3-7-12/h4-5,8-12H,2-3,6-7H2,1H3. The fraction of sp³-hybridized carbons (Fsp3) is 0.353. The smallest absolute Gasteiger partial charge is 0.166 e. The SMILES string of the molecule is COc1ccc(C(=O)C2CCCC2)c2ccccc12. The fourth-order valence-electron chi connectivity index (χ4n) is 3.07. The number of benzene rings is 2. The van der Waals surface area contributed by atoms with Crippen molar-refractivity contribution in [2.75, 3.05) is 7.11 Å². The Morgan fingerprint density at radius 1 is 1.05 bits per heavy atom. The number of Topliss-reactive ketones (excluding diaryl/α,β-unsaturated/α-hetero) is 1. The summed E-state index contributed by atoms with van der Waals surface area (Å²) < 4.78 is 5.38. The molecule has 0 N–H and O–H groups in total. The minimum atomic E-state index is 0.219. The second-order valence-electron chi connectivity index (χ2n) is 5.21. The van der Waals surface area contributed by atoms with Crippen molar-refractivity contribution in [3.8, 4) is 5.75 Å². The van der Waals surface area contributed by atoms with Crippen molar-refractivity contribution in [3.05, 3.63) is 42.0 Å². The summed E-state index contributed by atoms with van der Waals surface area (Å²) in [6.07, 6.45) is 4.45. The molecule has 98 valence electrons. The van der Waals surface area contributed by atoms with Crippen LogP contribution in [-0.4, -0.2) is 12.9 Å². The lowest BCUT2D eigenvalue weighted by molar-refractivity contribution is 0.0924. The highest BCUT2D eigenvalue weighted by atomic mass is 16.5. The van der Waals surface area contributed by atoms with Gasteiger partial charge in [0.2, 0.25) is 0 Å². The van der Waals surface area contributed by atoms with E-state index in [9.17, 15) is 4.79 Å². The maximum Gasteiger partial charge on any atom is 0.166 e. The van der Waals surface area contributed by atoms with Gasteiger partial charge in [-0.1, -0.05) is 37.1 Å². The second-order valence-corrected chi connectivity index (χ2v) is 5.21. The van der Waals surface area contributed by atoms with E-state index in [2.05, 4.69) is 0 Å². The number of fused-ring (bicyclic) bond motifs is 1. The number of ketones is 1. The van der Waals surface area contributed by atoms with Crippen molar-refractivity contribution in [3.63, 3.8) is 0 Å². The van der Waals surface area contributed by atoms with Crippen molar-refractivity contribution in [2.24, 2.45) is 5.92 Å². The number of ether oxygens (including phenoxy) is 1. The Morgan fingerprint density at radius 3 is 2.42 bits per heavy atom. The van der Waals surface area contributed by atoms with Gasteiger partial charge in [0, 0.05) is 16.9 Å². The Bertz CT molecular complexity index is 610. The first kappa shape index (κ1) is 12.2. The van der Waals surface area contributed by atoms with Crippen LogP contribution in [0.3, 0.4) is 0 Å². The average Bonchev–Trinajstić information content (AvgIpc) is 2.99. The molecule has 3 rings (SSSR count). The normalized spacial score (nSPS) is 15.8. The molecule has 0 atom stereocenters. The van der Waals surface area contributed by atoms with Crippen LogP contribution in [0.4, 0.5) is 0 Å². The Morgan fingerprint density at radius 2 is 1.74 bits per heavy atom. The van der Waals surface area contributed by atoms with Gasteiger partial charge in [0.1, 0.15) is 5.75 Å². The van der Waals surface area contributed by atoms with Crippen LogP contribution in [0.15, 0.2) is 36.4 Å². The van der Waals surface area contributed by atoms with Crippen molar-refractivity contribution in [1.29, 1.82) is 0 Å². The minimum Gasteiger partial charge on any atom is -0.496 e. The van der Waals surface area contributed by atoms with Crippen LogP contribution in [0.2, 0.25) is 0 Å². The van der Waals surface area contributed by atoms with E-state index in [0.717, 1.165) is 34.9 Å². The minimum absolute atomic E-state index is 0.219. The Balaban J connectivity index is 2.11. The molecule has 0 bridgehead atoms. The predicted octanol–water partition coefficient (Wildman–Crippen LogP) is 4.22. The van der Waals surface area contributed by atoms with Crippen LogP contribution < -0.4 is 4.74 Å². The molecule has 0 unspecified atom stereocenters. The summed E-state index contributed by atoms with van der Waals surface area (Å²) in [4.78, 5) is 12.6. The van der Waals surface area contributed by atoms with Gasteiger partial charge in [-0.05, 0) is 30.4 Å². The number of carbonyl (C=O) groups is 1. The molecule has 0 aliphatic heterocycles. The molecular weight excluding hydrogens is 236 g/mol. The first-order chi connectivity index (χ1) is 9.31. The summed E-state index contributed by atoms with van der Waals surface area (Å²) >= 11 is 0. The van der Waals surface area contributed by atoms with Gasteiger partial charge in [-0.2, -0.15) is 0 Å². The van der Waals surface area contributed by atoms with Gasteiger partial charge < -0.3 is 4.74 Å². The average molecular weight is 254 g/mol. The molecule has 19 heavy (non-hydrogen) atoms. The number of hydrogen-bond donors (Lipinski definition) is 0. The van der Waals surface area contributed by atoms with Gasteiger partial charge in [0.15, 0.2) is 5.78 Å². The zero-order valence-corrected chi connectivity index (χ0v) is 11.2. The predicted molar refractivity (Wildman–Crippen MR) is 76.8 cm³/mol. The van der Waals surface area contributed by atoms with Crippen LogP contribution >= 0.6 is 0 Å². The van der Waals surface area contributed by atoms with Crippen molar-refractivity contribution in [2.45, 2.75) is 25.7 Å². The molecule has 0 spiro atoms. The number of carbonyl (C=O) groups excluding carboxylic acids is 1. The zero-order valence-electron chi connectivity index (χ0n) is 11.2. The molecule has 0 saturated heterocycles. The van der Waals surface area contributed by atoms with Gasteiger partial charge in [0.25, 0.3) is 0 Å². The Kier molecular flexibility index (Phi) is 3.24. The molecule has 1 aliphatic carbocycles. The lowest BCUT2D eigenvalue weighted by Crippen LogP contribution is -2.11. The Hall–Kier alpha value is -1.83. The highest BCUT2D eigenvalue weighted by Gasteiger charge is 2.25. The molecular formula is C17H18O2. The molecule has 0 heterocycles. The van der Waals surface area contributed by atoms with E-state index < -0.39 is 0 Å². The van der Waals surface area contributed by atoms with Crippen molar-refractivity contribution < 1.29 is 9.53 Å². The van der Waals surface area contributed by atoms with Crippen LogP contribution in [0.25, 0.3) is 10.8 Å². The molecule has 2 nitrogen and oxygen atoms in total. The van der Waals surface area contributed by atoms with E-state index in [-0.39, 0.29) is 5.92 Å². The summed E-state index contributed by atoms with van der Waals surface area (Å²) in [7, 11) is 1.67. The summed E-state index contributed by atoms with van der Waals surface area (Å²) in [6.45, 7) is 0. The third-order valence-electron chi connectivity index (χ3n) is 4.10. The lowest BCUT2D eigenvalue weighted by atomic mass is 9.92. The van der Waals surface area contributed by atoms with Gasteiger partial charge in [-0.3, -0.25) is 4.79 Å². The summed E-state index contributed by atoms with van der Waals surface area (Å²) in [5.74, 6) is 1.35. The molecule has 0 amide bonds. The maximum absolute atomic E-state index is 12.6. The quantitative estimate of drug-likeness (QED) is 0.766. The monoisotopic (exact) mass is 254 g/mol. The van der Waals surface area contributed by atoms with Crippen LogP contribution in [0, 0.1) is 5.92 Å². The van der Waals surface area contributed by atoms with E-state index in [4.69, 9.17) is 4.74 Å². The van der Waals surface area contributed by atoms with Gasteiger partial charge >= 0.3 is 0 Å². The highest BCUT2D eigenvalue weighted by Crippen LogP contribution is 2.33. The van der Waals surface area contributed by atoms with Crippen LogP contribution in [-0.2, 0) is 0 Å². The summed E-state index contributed by atoms with van der Waals surface area (Å²) in [5, 5.41) is 2.03. The molecule has 0 aromatic heterocycles. The maximum atomic E-state index is 12.6. The summed E-state index contributed by atoms with van der Waals surface area (Å²) in [6, 6.07) is 11.8. The third-order valence-corrected chi connectivity index (χ3v) is 4.10. The van der Waals surface area contributed by atoms with Gasteiger partial charge in [0.05, 0.1) is 7.11 Å². The number of hydrogen-bond acceptors (Lipinski definition) is 2. The molecule has 2 heteroatoms. The van der Waals surface area contributed by atoms with E-state index in [1.54, 1.807) is 7.11 Å². The molecule has 1 saturated carbocycles. The molecule has 2 aromatic rings. The molecule has 0 radical (unpaired) electrons. The Labute approximate surface area is 113 Å². The number of rotatable bonds is 3. The van der Waals surface area contributed by atoms with E-state index >= 15 is 0 Å². The number of methoxy groups -OCH3 is 1. The first-order valence-electron chi connectivity index (χ1n) is 6.91. The summed E-state index contributed by atoms with van der Waals surface area (Å²) in [5.41, 5.74) is 0.850. The van der Waals surface area contributed by atoms with Crippen molar-refractivity contribution in [1.82, 2.24) is 0 Å². The van der Waals surface area contributed by atoms with E-state index in [1.807, 2.05) is 36.4 Å². The second kappa shape index (κ2) is 5.04. The van der Waals surface area contributed by atoms with Gasteiger partial charge in [-0.25, -0.2) is 0 Å². The molecule has 1 fully saturated rings. The van der Waals surface area contributed by atoms with Crippen LogP contribution in [0.1, 0.15) is 36.0 Å². The van der Waals surface area contributed by atoms with E-state index in [0.29, 0.717) is 5.78 Å². The lowest BCUT2D eigenvalue weighted by Gasteiger charge is -2.12. The largest absolute Gasteiger partial charge is 0.496 e. The van der Waals surface area contributed by atoms with Crippen LogP contribution in [0.5, 0.6) is 5.75 Å².